The summed E-state index contributed by atoms with van der Waals surface area (Å²) >= 11 is 12.2. The van der Waals surface area contributed by atoms with Crippen molar-refractivity contribution in [1.82, 2.24) is 0 Å². The summed E-state index contributed by atoms with van der Waals surface area (Å²) in [6.07, 6.45) is 8.37. The van der Waals surface area contributed by atoms with Crippen LogP contribution in [0.15, 0.2) is 29.8 Å². The highest BCUT2D eigenvalue weighted by atomic mass is 35.5. The van der Waals surface area contributed by atoms with Gasteiger partial charge in [-0.15, -0.1) is 0 Å². The van der Waals surface area contributed by atoms with Gasteiger partial charge in [-0.05, 0) is 37.8 Å². The molecule has 0 spiro atoms. The summed E-state index contributed by atoms with van der Waals surface area (Å²) in [5.41, 5.74) is 1.86. The van der Waals surface area contributed by atoms with E-state index in [0.717, 1.165) is 25.8 Å². The van der Waals surface area contributed by atoms with E-state index in [4.69, 9.17) is 23.2 Å². The van der Waals surface area contributed by atoms with E-state index in [2.05, 4.69) is 6.08 Å². The number of nitrogens with zero attached hydrogens (tertiary/aromatic N) is 1. The lowest BCUT2D eigenvalue weighted by molar-refractivity contribution is -0.674. The second kappa shape index (κ2) is 7.68. The molecule has 0 unspecified atom stereocenters. The summed E-state index contributed by atoms with van der Waals surface area (Å²) in [5, 5.41) is 2.56. The average Bonchev–Trinajstić information content (AvgIpc) is 2.86. The number of anilines is 1. The molecule has 1 atom stereocenters. The van der Waals surface area contributed by atoms with Gasteiger partial charge in [-0.3, -0.25) is 9.59 Å². The first-order chi connectivity index (χ1) is 11.6. The number of imide groups is 1. The highest BCUT2D eigenvalue weighted by molar-refractivity contribution is 6.44. The fourth-order valence-electron chi connectivity index (χ4n) is 3.36. The summed E-state index contributed by atoms with van der Waals surface area (Å²) in [5.74, 6) is -0.427. The van der Waals surface area contributed by atoms with Crippen LogP contribution in [-0.4, -0.2) is 24.4 Å². The summed E-state index contributed by atoms with van der Waals surface area (Å²) in [4.78, 5) is 26.1. The van der Waals surface area contributed by atoms with Crippen molar-refractivity contribution in [2.75, 3.05) is 11.4 Å². The number of hydrogen-bond donors (Lipinski definition) is 1. The Morgan fingerprint density at radius 3 is 2.79 bits per heavy atom. The lowest BCUT2D eigenvalue weighted by Crippen LogP contribution is -2.91. The van der Waals surface area contributed by atoms with Gasteiger partial charge in [0, 0.05) is 6.42 Å². The molecule has 0 aromatic heterocycles. The number of hydrogen-bond acceptors (Lipinski definition) is 2. The minimum Gasteiger partial charge on any atom is -0.335 e. The van der Waals surface area contributed by atoms with E-state index >= 15 is 0 Å². The van der Waals surface area contributed by atoms with Crippen molar-refractivity contribution in [1.29, 1.82) is 0 Å². The van der Waals surface area contributed by atoms with Crippen LogP contribution in [0.25, 0.3) is 0 Å². The molecular weight excluding hydrogens is 347 g/mol. The Morgan fingerprint density at radius 1 is 1.21 bits per heavy atom. The van der Waals surface area contributed by atoms with E-state index in [1.54, 1.807) is 18.2 Å². The van der Waals surface area contributed by atoms with Gasteiger partial charge in [0.2, 0.25) is 5.91 Å². The second-order valence-electron chi connectivity index (χ2n) is 6.33. The minimum absolute atomic E-state index is 0.207. The third-order valence-corrected chi connectivity index (χ3v) is 5.46. The van der Waals surface area contributed by atoms with Gasteiger partial charge < -0.3 is 5.32 Å². The maximum atomic E-state index is 12.6. The predicted molar refractivity (Wildman–Crippen MR) is 95.3 cm³/mol. The topological polar surface area (TPSA) is 54.0 Å². The Kier molecular flexibility index (Phi) is 5.59. The summed E-state index contributed by atoms with van der Waals surface area (Å²) in [6.45, 7) is 0.826. The standard InChI is InChI=1S/C18H20Cl2N2O2/c19-13-7-4-8-15(17(13)20)22-16(23)11-14(18(22)24)21-10-9-12-5-2-1-3-6-12/h4-5,7-8,14,21H,1-3,6,9-11H2/p+1/t14-/m1/s1. The van der Waals surface area contributed by atoms with Gasteiger partial charge in [0.05, 0.1) is 28.7 Å². The van der Waals surface area contributed by atoms with Crippen LogP contribution in [0, 0.1) is 0 Å². The molecular formula is C18H21Cl2N2O2+. The number of carbonyl (C=O) groups is 2. The molecule has 1 saturated heterocycles. The molecule has 1 aromatic carbocycles. The third kappa shape index (κ3) is 3.66. The van der Waals surface area contributed by atoms with Crippen LogP contribution in [0.2, 0.25) is 10.0 Å². The molecule has 128 valence electrons. The van der Waals surface area contributed by atoms with E-state index in [0.29, 0.717) is 10.7 Å². The summed E-state index contributed by atoms with van der Waals surface area (Å²) in [7, 11) is 0. The van der Waals surface area contributed by atoms with Crippen LogP contribution in [0.5, 0.6) is 0 Å². The first-order valence-corrected chi connectivity index (χ1v) is 9.15. The molecule has 0 radical (unpaired) electrons. The van der Waals surface area contributed by atoms with Gasteiger partial charge in [-0.1, -0.05) is 40.9 Å². The number of rotatable bonds is 5. The Labute approximate surface area is 151 Å². The molecule has 3 rings (SSSR count). The van der Waals surface area contributed by atoms with E-state index in [-0.39, 0.29) is 29.3 Å². The van der Waals surface area contributed by atoms with E-state index in [9.17, 15) is 9.59 Å². The van der Waals surface area contributed by atoms with Gasteiger partial charge in [0.25, 0.3) is 5.91 Å². The Hall–Kier alpha value is -1.36. The zero-order chi connectivity index (χ0) is 17.1. The number of benzene rings is 1. The molecule has 1 heterocycles. The molecule has 2 amide bonds. The van der Waals surface area contributed by atoms with Crippen molar-refractivity contribution >= 4 is 40.7 Å². The maximum absolute atomic E-state index is 12.6. The quantitative estimate of drug-likeness (QED) is 0.642. The van der Waals surface area contributed by atoms with Gasteiger partial charge in [-0.2, -0.15) is 0 Å². The normalized spacial score (nSPS) is 21.3. The average molecular weight is 368 g/mol. The number of halogens is 2. The fourth-order valence-corrected chi connectivity index (χ4v) is 3.74. The third-order valence-electron chi connectivity index (χ3n) is 4.66. The van der Waals surface area contributed by atoms with Crippen molar-refractivity contribution in [3.05, 3.63) is 39.9 Å². The molecule has 1 aliphatic carbocycles. The molecule has 1 aromatic rings. The smallest absolute Gasteiger partial charge is 0.292 e. The van der Waals surface area contributed by atoms with Gasteiger partial charge in [-0.25, -0.2) is 4.90 Å². The molecule has 1 fully saturated rings. The van der Waals surface area contributed by atoms with Gasteiger partial charge >= 0.3 is 0 Å². The first-order valence-electron chi connectivity index (χ1n) is 8.40. The Morgan fingerprint density at radius 2 is 2.04 bits per heavy atom. The molecule has 4 nitrogen and oxygen atoms in total. The number of carbonyl (C=O) groups excluding carboxylic acids is 2. The highest BCUT2D eigenvalue weighted by Crippen LogP contribution is 2.34. The number of quaternary nitrogens is 1. The molecule has 24 heavy (non-hydrogen) atoms. The zero-order valence-electron chi connectivity index (χ0n) is 13.4. The molecule has 6 heteroatoms. The van der Waals surface area contributed by atoms with Crippen molar-refractivity contribution in [3.63, 3.8) is 0 Å². The second-order valence-corrected chi connectivity index (χ2v) is 7.12. The van der Waals surface area contributed by atoms with Crippen molar-refractivity contribution in [2.45, 2.75) is 44.6 Å². The van der Waals surface area contributed by atoms with Crippen LogP contribution < -0.4 is 10.2 Å². The highest BCUT2D eigenvalue weighted by Gasteiger charge is 2.43. The molecule has 1 aliphatic heterocycles. The van der Waals surface area contributed by atoms with Gasteiger partial charge in [0.15, 0.2) is 6.04 Å². The number of nitrogens with two attached hydrogens (primary N) is 1. The predicted octanol–water partition coefficient (Wildman–Crippen LogP) is 3.08. The van der Waals surface area contributed by atoms with Crippen molar-refractivity contribution in [2.24, 2.45) is 0 Å². The lowest BCUT2D eigenvalue weighted by atomic mass is 9.97. The van der Waals surface area contributed by atoms with Crippen LogP contribution in [0.4, 0.5) is 5.69 Å². The molecule has 2 aliphatic rings. The van der Waals surface area contributed by atoms with Crippen molar-refractivity contribution in [3.8, 4) is 0 Å². The molecule has 0 saturated carbocycles. The summed E-state index contributed by atoms with van der Waals surface area (Å²) in [6, 6.07) is 4.62. The van der Waals surface area contributed by atoms with Crippen LogP contribution >= 0.6 is 23.2 Å². The minimum atomic E-state index is -0.364. The van der Waals surface area contributed by atoms with Crippen LogP contribution in [-0.2, 0) is 9.59 Å². The fraction of sp³-hybridized carbons (Fsp3) is 0.444. The number of allylic oxidation sites excluding steroid dienone is 1. The van der Waals surface area contributed by atoms with Crippen molar-refractivity contribution < 1.29 is 14.9 Å². The summed E-state index contributed by atoms with van der Waals surface area (Å²) < 4.78 is 0. The lowest BCUT2D eigenvalue weighted by Gasteiger charge is -2.16. The largest absolute Gasteiger partial charge is 0.335 e. The van der Waals surface area contributed by atoms with E-state index in [1.165, 1.54) is 23.3 Å². The Bertz CT molecular complexity index is 688. The van der Waals surface area contributed by atoms with Crippen LogP contribution in [0.3, 0.4) is 0 Å². The Balaban J connectivity index is 1.63. The first kappa shape index (κ1) is 17.5. The van der Waals surface area contributed by atoms with Gasteiger partial charge in [0.1, 0.15) is 0 Å². The van der Waals surface area contributed by atoms with E-state index < -0.39 is 0 Å². The monoisotopic (exact) mass is 367 g/mol. The molecule has 0 bridgehead atoms. The molecule has 2 N–H and O–H groups in total. The van der Waals surface area contributed by atoms with E-state index in [1.807, 2.05) is 5.32 Å². The number of amides is 2. The van der Waals surface area contributed by atoms with Crippen LogP contribution in [0.1, 0.15) is 38.5 Å². The zero-order valence-corrected chi connectivity index (χ0v) is 14.9. The SMILES string of the molecule is O=C1C[C@@H]([NH2+]CCC2=CCCCC2)C(=O)N1c1cccc(Cl)c1Cl. The maximum Gasteiger partial charge on any atom is 0.292 e.